The van der Waals surface area contributed by atoms with Crippen molar-refractivity contribution in [3.05, 3.63) is 54.2 Å². The van der Waals surface area contributed by atoms with Crippen LogP contribution in [0.5, 0.6) is 0 Å². The van der Waals surface area contributed by atoms with Crippen LogP contribution in [0.15, 0.2) is 54.2 Å². The fourth-order valence-corrected chi connectivity index (χ4v) is 2.54. The Morgan fingerprint density at radius 2 is 2.14 bits per heavy atom. The number of aromatic nitrogens is 3. The van der Waals surface area contributed by atoms with Crippen molar-refractivity contribution in [3.63, 3.8) is 0 Å². The first-order chi connectivity index (χ1) is 10.8. The number of hydrogen-bond donors (Lipinski definition) is 2. The number of carbonyl (C=O) groups is 1. The molecule has 0 saturated carbocycles. The third-order valence-electron chi connectivity index (χ3n) is 2.95. The molecular formula is C15H15N5OS. The molecule has 0 aliphatic carbocycles. The molecule has 0 aliphatic heterocycles. The summed E-state index contributed by atoms with van der Waals surface area (Å²) in [5.41, 5.74) is 1.66. The zero-order valence-electron chi connectivity index (χ0n) is 11.8. The largest absolute Gasteiger partial charge is 0.336 e. The van der Waals surface area contributed by atoms with Crippen LogP contribution in [0, 0.1) is 0 Å². The molecule has 112 valence electrons. The molecule has 0 aromatic carbocycles. The van der Waals surface area contributed by atoms with Gasteiger partial charge in [-0.1, -0.05) is 6.07 Å². The first-order valence-corrected chi connectivity index (χ1v) is 7.72. The van der Waals surface area contributed by atoms with E-state index in [0.29, 0.717) is 13.1 Å². The number of hydrogen-bond acceptors (Lipinski definition) is 4. The average molecular weight is 313 g/mol. The fraction of sp³-hybridized carbons (Fsp3) is 0.133. The van der Waals surface area contributed by atoms with Crippen LogP contribution in [0.4, 0.5) is 9.80 Å². The number of carbonyl (C=O) groups excluding carboxylic acids is 1. The Morgan fingerprint density at radius 3 is 2.91 bits per heavy atom. The Hall–Kier alpha value is -2.67. The summed E-state index contributed by atoms with van der Waals surface area (Å²) < 4.78 is 1.79. The van der Waals surface area contributed by atoms with Crippen molar-refractivity contribution in [1.82, 2.24) is 20.1 Å². The van der Waals surface area contributed by atoms with Crippen LogP contribution in [-0.4, -0.2) is 27.3 Å². The van der Waals surface area contributed by atoms with Crippen molar-refractivity contribution >= 4 is 22.4 Å². The number of pyridine rings is 1. The van der Waals surface area contributed by atoms with E-state index in [1.165, 1.54) is 11.3 Å². The van der Waals surface area contributed by atoms with E-state index in [-0.39, 0.29) is 6.03 Å². The van der Waals surface area contributed by atoms with Gasteiger partial charge in [-0.05, 0) is 35.7 Å². The molecule has 3 aromatic rings. The van der Waals surface area contributed by atoms with Gasteiger partial charge in [-0.15, -0.1) is 11.3 Å². The van der Waals surface area contributed by atoms with Gasteiger partial charge in [0.15, 0.2) is 0 Å². The van der Waals surface area contributed by atoms with Gasteiger partial charge in [0.05, 0.1) is 17.2 Å². The highest BCUT2D eigenvalue weighted by Gasteiger charge is 2.04. The maximum atomic E-state index is 11.7. The lowest BCUT2D eigenvalue weighted by Gasteiger charge is -2.06. The minimum Gasteiger partial charge on any atom is -0.336 e. The minimum atomic E-state index is -0.209. The van der Waals surface area contributed by atoms with E-state index in [2.05, 4.69) is 20.7 Å². The van der Waals surface area contributed by atoms with Gasteiger partial charge in [0.25, 0.3) is 0 Å². The highest BCUT2D eigenvalue weighted by molar-refractivity contribution is 7.14. The topological polar surface area (TPSA) is 71.8 Å². The molecule has 2 amide bonds. The predicted molar refractivity (Wildman–Crippen MR) is 86.8 cm³/mol. The van der Waals surface area contributed by atoms with Gasteiger partial charge < -0.3 is 5.32 Å². The summed E-state index contributed by atoms with van der Waals surface area (Å²) in [6.45, 7) is 1.10. The summed E-state index contributed by atoms with van der Waals surface area (Å²) in [6, 6.07) is 11.2. The Labute approximate surface area is 131 Å². The molecule has 0 radical (unpaired) electrons. The molecular weight excluding hydrogens is 298 g/mol. The molecule has 0 spiro atoms. The summed E-state index contributed by atoms with van der Waals surface area (Å²) in [7, 11) is 0. The first kappa shape index (κ1) is 14.3. The van der Waals surface area contributed by atoms with Crippen LogP contribution < -0.4 is 10.6 Å². The molecule has 6 nitrogen and oxygen atoms in total. The summed E-state index contributed by atoms with van der Waals surface area (Å²) in [5, 5.41) is 12.7. The number of rotatable bonds is 5. The summed E-state index contributed by atoms with van der Waals surface area (Å²) in [5.74, 6) is 0. The van der Waals surface area contributed by atoms with Crippen molar-refractivity contribution in [2.75, 3.05) is 11.9 Å². The van der Waals surface area contributed by atoms with Crippen LogP contribution >= 0.6 is 11.3 Å². The van der Waals surface area contributed by atoms with Crippen molar-refractivity contribution in [1.29, 1.82) is 0 Å². The molecule has 0 saturated heterocycles. The quantitative estimate of drug-likeness (QED) is 0.761. The van der Waals surface area contributed by atoms with E-state index in [4.69, 9.17) is 0 Å². The first-order valence-electron chi connectivity index (χ1n) is 6.84. The Morgan fingerprint density at radius 1 is 1.18 bits per heavy atom. The highest BCUT2D eigenvalue weighted by Crippen LogP contribution is 2.14. The molecule has 0 bridgehead atoms. The summed E-state index contributed by atoms with van der Waals surface area (Å²) in [6.07, 6.45) is 3.62. The average Bonchev–Trinajstić information content (AvgIpc) is 3.20. The van der Waals surface area contributed by atoms with E-state index in [1.54, 1.807) is 10.9 Å². The van der Waals surface area contributed by atoms with E-state index in [0.717, 1.165) is 16.4 Å². The third kappa shape index (κ3) is 3.70. The SMILES string of the molecule is O=C(NCCn1ccc(-c2ccccn2)n1)Nc1cccs1. The van der Waals surface area contributed by atoms with Crippen molar-refractivity contribution in [3.8, 4) is 11.4 Å². The number of amides is 2. The zero-order chi connectivity index (χ0) is 15.2. The zero-order valence-corrected chi connectivity index (χ0v) is 12.6. The number of thiophene rings is 1. The second kappa shape index (κ2) is 6.86. The van der Waals surface area contributed by atoms with Crippen LogP contribution in [0.1, 0.15) is 0 Å². The molecule has 7 heteroatoms. The lowest BCUT2D eigenvalue weighted by molar-refractivity contribution is 0.251. The molecule has 0 fully saturated rings. The lowest BCUT2D eigenvalue weighted by Crippen LogP contribution is -2.31. The molecule has 0 unspecified atom stereocenters. The van der Waals surface area contributed by atoms with Gasteiger partial charge in [0.1, 0.15) is 5.69 Å². The molecule has 3 heterocycles. The van der Waals surface area contributed by atoms with Crippen molar-refractivity contribution in [2.45, 2.75) is 6.54 Å². The molecule has 0 aliphatic rings. The maximum absolute atomic E-state index is 11.7. The highest BCUT2D eigenvalue weighted by atomic mass is 32.1. The molecule has 3 aromatic heterocycles. The van der Waals surface area contributed by atoms with Crippen molar-refractivity contribution < 1.29 is 4.79 Å². The second-order valence-corrected chi connectivity index (χ2v) is 5.48. The van der Waals surface area contributed by atoms with Gasteiger partial charge in [-0.2, -0.15) is 5.10 Å². The third-order valence-corrected chi connectivity index (χ3v) is 3.74. The number of nitrogens with one attached hydrogen (secondary N) is 2. The van der Waals surface area contributed by atoms with Crippen LogP contribution in [-0.2, 0) is 6.54 Å². The Balaban J connectivity index is 1.48. The Bertz CT molecular complexity index is 723. The smallest absolute Gasteiger partial charge is 0.319 e. The van der Waals surface area contributed by atoms with Gasteiger partial charge in [-0.25, -0.2) is 4.79 Å². The van der Waals surface area contributed by atoms with Gasteiger partial charge >= 0.3 is 6.03 Å². The van der Waals surface area contributed by atoms with E-state index in [1.807, 2.05) is 48.0 Å². The monoisotopic (exact) mass is 313 g/mol. The van der Waals surface area contributed by atoms with Gasteiger partial charge in [0.2, 0.25) is 0 Å². The number of urea groups is 1. The maximum Gasteiger partial charge on any atom is 0.319 e. The summed E-state index contributed by atoms with van der Waals surface area (Å²) >= 11 is 1.49. The number of nitrogens with zero attached hydrogens (tertiary/aromatic N) is 3. The fourth-order valence-electron chi connectivity index (χ4n) is 1.93. The standard InChI is InChI=1S/C15H15N5OS/c21-15(18-14-5-3-11-22-14)17-8-10-20-9-6-13(19-20)12-4-1-2-7-16-12/h1-7,9,11H,8,10H2,(H2,17,18,21). The lowest BCUT2D eigenvalue weighted by atomic mass is 10.3. The van der Waals surface area contributed by atoms with E-state index < -0.39 is 0 Å². The second-order valence-electron chi connectivity index (χ2n) is 4.54. The van der Waals surface area contributed by atoms with E-state index in [9.17, 15) is 4.79 Å². The predicted octanol–water partition coefficient (Wildman–Crippen LogP) is 2.83. The number of anilines is 1. The summed E-state index contributed by atoms with van der Waals surface area (Å²) in [4.78, 5) is 15.9. The van der Waals surface area contributed by atoms with Gasteiger partial charge in [0, 0.05) is 18.9 Å². The Kier molecular flexibility index (Phi) is 4.45. The molecule has 0 atom stereocenters. The van der Waals surface area contributed by atoms with Gasteiger partial charge in [-0.3, -0.25) is 15.0 Å². The van der Waals surface area contributed by atoms with Crippen LogP contribution in [0.25, 0.3) is 11.4 Å². The molecule has 3 rings (SSSR count). The molecule has 22 heavy (non-hydrogen) atoms. The molecule has 2 N–H and O–H groups in total. The normalized spacial score (nSPS) is 10.4. The van der Waals surface area contributed by atoms with E-state index >= 15 is 0 Å². The van der Waals surface area contributed by atoms with Crippen LogP contribution in [0.2, 0.25) is 0 Å². The minimum absolute atomic E-state index is 0.209. The van der Waals surface area contributed by atoms with Crippen LogP contribution in [0.3, 0.4) is 0 Å². The van der Waals surface area contributed by atoms with Crippen molar-refractivity contribution in [2.24, 2.45) is 0 Å².